The lowest BCUT2D eigenvalue weighted by molar-refractivity contribution is -0.117. The predicted octanol–water partition coefficient (Wildman–Crippen LogP) is 2.60. The Bertz CT molecular complexity index is 477. The molecule has 0 radical (unpaired) electrons. The number of halogens is 1. The van der Waals surface area contributed by atoms with Crippen molar-refractivity contribution < 1.29 is 14.7 Å². The first-order valence-corrected chi connectivity index (χ1v) is 6.83. The zero-order chi connectivity index (χ0) is 14.4. The second-order valence-electron chi connectivity index (χ2n) is 4.27. The molecule has 1 aromatic rings. The maximum Gasteiger partial charge on any atom is 0.335 e. The molecule has 1 atom stereocenters. The van der Waals surface area contributed by atoms with Crippen LogP contribution >= 0.6 is 15.9 Å². The number of nitrogens with one attached hydrogen (secondary N) is 1. The molecule has 0 heterocycles. The van der Waals surface area contributed by atoms with Crippen LogP contribution in [0.5, 0.6) is 0 Å². The van der Waals surface area contributed by atoms with Gasteiger partial charge in [-0.15, -0.1) is 0 Å². The average Bonchev–Trinajstić information content (AvgIpc) is 2.34. The van der Waals surface area contributed by atoms with Crippen LogP contribution in [-0.2, 0) is 4.79 Å². The summed E-state index contributed by atoms with van der Waals surface area (Å²) in [7, 11) is 0. The van der Waals surface area contributed by atoms with Gasteiger partial charge in [-0.1, -0.05) is 35.7 Å². The van der Waals surface area contributed by atoms with Crippen molar-refractivity contribution in [3.63, 3.8) is 0 Å². The van der Waals surface area contributed by atoms with Gasteiger partial charge in [0, 0.05) is 10.2 Å². The summed E-state index contributed by atoms with van der Waals surface area (Å²) >= 11 is 3.20. The number of hydrogen-bond donors (Lipinski definition) is 3. The van der Waals surface area contributed by atoms with Crippen molar-refractivity contribution in [2.75, 3.05) is 5.32 Å². The van der Waals surface area contributed by atoms with Gasteiger partial charge in [0.15, 0.2) is 0 Å². The number of carbonyl (C=O) groups is 2. The summed E-state index contributed by atoms with van der Waals surface area (Å²) in [6.45, 7) is 2.03. The van der Waals surface area contributed by atoms with Crippen LogP contribution in [0.1, 0.15) is 36.5 Å². The number of hydrogen-bond acceptors (Lipinski definition) is 3. The number of anilines is 1. The summed E-state index contributed by atoms with van der Waals surface area (Å²) < 4.78 is 0.588. The zero-order valence-corrected chi connectivity index (χ0v) is 12.2. The second kappa shape index (κ2) is 7.25. The largest absolute Gasteiger partial charge is 0.478 e. The smallest absolute Gasteiger partial charge is 0.335 e. The highest BCUT2D eigenvalue weighted by Crippen LogP contribution is 2.20. The van der Waals surface area contributed by atoms with Gasteiger partial charge in [0.1, 0.15) is 0 Å². The number of amides is 1. The van der Waals surface area contributed by atoms with E-state index in [2.05, 4.69) is 21.2 Å². The summed E-state index contributed by atoms with van der Waals surface area (Å²) in [6.07, 6.45) is 2.47. The van der Waals surface area contributed by atoms with Crippen LogP contribution in [0.4, 0.5) is 5.69 Å². The van der Waals surface area contributed by atoms with E-state index >= 15 is 0 Å². The number of nitrogens with two attached hydrogens (primary N) is 1. The Morgan fingerprint density at radius 2 is 2.11 bits per heavy atom. The molecule has 1 rings (SSSR count). The first kappa shape index (κ1) is 15.7. The number of carboxylic acids is 1. The number of carbonyl (C=O) groups excluding carboxylic acids is 1. The fourth-order valence-electron chi connectivity index (χ4n) is 1.58. The summed E-state index contributed by atoms with van der Waals surface area (Å²) in [5, 5.41) is 11.6. The fraction of sp³-hybridized carbons (Fsp3) is 0.385. The zero-order valence-electron chi connectivity index (χ0n) is 10.6. The van der Waals surface area contributed by atoms with Gasteiger partial charge in [-0.2, -0.15) is 0 Å². The van der Waals surface area contributed by atoms with E-state index in [1.54, 1.807) is 6.07 Å². The first-order chi connectivity index (χ1) is 8.93. The quantitative estimate of drug-likeness (QED) is 0.748. The molecule has 0 saturated carbocycles. The third-order valence-electron chi connectivity index (χ3n) is 2.62. The molecule has 0 aliphatic rings. The molecule has 1 amide bonds. The molecule has 0 aliphatic carbocycles. The van der Waals surface area contributed by atoms with Crippen molar-refractivity contribution in [1.82, 2.24) is 0 Å². The van der Waals surface area contributed by atoms with E-state index in [9.17, 15) is 9.59 Å². The third kappa shape index (κ3) is 5.00. The first-order valence-electron chi connectivity index (χ1n) is 6.04. The highest BCUT2D eigenvalue weighted by Gasteiger charge is 2.14. The standard InChI is InChI=1S/C13H17BrN2O3/c1-2-3-4-11(15)12(17)16-10-6-8(13(18)19)5-9(14)7-10/h5-7,11H,2-4,15H2,1H3,(H,16,17)(H,18,19)/t11-/m0/s1. The van der Waals surface area contributed by atoms with Gasteiger partial charge in [0.2, 0.25) is 5.91 Å². The normalized spacial score (nSPS) is 11.9. The summed E-state index contributed by atoms with van der Waals surface area (Å²) in [6, 6.07) is 3.93. The van der Waals surface area contributed by atoms with Gasteiger partial charge >= 0.3 is 5.97 Å². The van der Waals surface area contributed by atoms with E-state index in [-0.39, 0.29) is 11.5 Å². The van der Waals surface area contributed by atoms with Crippen LogP contribution in [0.2, 0.25) is 0 Å². The van der Waals surface area contributed by atoms with E-state index < -0.39 is 12.0 Å². The van der Waals surface area contributed by atoms with Crippen molar-refractivity contribution in [3.8, 4) is 0 Å². The lowest BCUT2D eigenvalue weighted by atomic mass is 10.1. The van der Waals surface area contributed by atoms with Crippen LogP contribution in [0, 0.1) is 0 Å². The van der Waals surface area contributed by atoms with Crippen molar-refractivity contribution >= 4 is 33.5 Å². The fourth-order valence-corrected chi connectivity index (χ4v) is 2.07. The van der Waals surface area contributed by atoms with Gasteiger partial charge in [-0.25, -0.2) is 4.79 Å². The third-order valence-corrected chi connectivity index (χ3v) is 3.08. The van der Waals surface area contributed by atoms with Crippen molar-refractivity contribution in [3.05, 3.63) is 28.2 Å². The molecule has 104 valence electrons. The van der Waals surface area contributed by atoms with Crippen molar-refractivity contribution in [2.45, 2.75) is 32.2 Å². The molecular formula is C13H17BrN2O3. The number of benzene rings is 1. The number of carboxylic acid groups (broad SMARTS) is 1. The Kier molecular flexibility index (Phi) is 5.98. The Hall–Kier alpha value is -1.40. The second-order valence-corrected chi connectivity index (χ2v) is 5.19. The van der Waals surface area contributed by atoms with Crippen LogP contribution in [-0.4, -0.2) is 23.0 Å². The minimum Gasteiger partial charge on any atom is -0.478 e. The van der Waals surface area contributed by atoms with E-state index in [4.69, 9.17) is 10.8 Å². The summed E-state index contributed by atoms with van der Waals surface area (Å²) in [4.78, 5) is 22.7. The molecule has 0 fully saturated rings. The van der Waals surface area contributed by atoms with Crippen LogP contribution in [0.15, 0.2) is 22.7 Å². The van der Waals surface area contributed by atoms with Crippen molar-refractivity contribution in [2.24, 2.45) is 5.73 Å². The van der Waals surface area contributed by atoms with E-state index in [0.29, 0.717) is 16.6 Å². The molecule has 1 aromatic carbocycles. The lowest BCUT2D eigenvalue weighted by Crippen LogP contribution is -2.35. The number of unbranched alkanes of at least 4 members (excludes halogenated alkanes) is 1. The Balaban J connectivity index is 2.76. The van der Waals surface area contributed by atoms with Crippen LogP contribution in [0.25, 0.3) is 0 Å². The van der Waals surface area contributed by atoms with E-state index in [0.717, 1.165) is 12.8 Å². The Labute approximate surface area is 120 Å². The molecule has 0 bridgehead atoms. The van der Waals surface area contributed by atoms with Crippen LogP contribution in [0.3, 0.4) is 0 Å². The molecule has 5 nitrogen and oxygen atoms in total. The average molecular weight is 329 g/mol. The molecule has 0 saturated heterocycles. The monoisotopic (exact) mass is 328 g/mol. The number of rotatable bonds is 6. The maximum absolute atomic E-state index is 11.8. The molecule has 19 heavy (non-hydrogen) atoms. The molecular weight excluding hydrogens is 312 g/mol. The summed E-state index contributed by atoms with van der Waals surface area (Å²) in [5.74, 6) is -1.35. The SMILES string of the molecule is CCCC[C@H](N)C(=O)Nc1cc(Br)cc(C(=O)O)c1. The minimum absolute atomic E-state index is 0.104. The molecule has 6 heteroatoms. The molecule has 0 aromatic heterocycles. The van der Waals surface area contributed by atoms with Gasteiger partial charge < -0.3 is 16.2 Å². The van der Waals surface area contributed by atoms with Gasteiger partial charge in [-0.05, 0) is 24.6 Å². The molecule has 0 spiro atoms. The highest BCUT2D eigenvalue weighted by molar-refractivity contribution is 9.10. The molecule has 4 N–H and O–H groups in total. The van der Waals surface area contributed by atoms with Crippen molar-refractivity contribution in [1.29, 1.82) is 0 Å². The highest BCUT2D eigenvalue weighted by atomic mass is 79.9. The predicted molar refractivity (Wildman–Crippen MR) is 77.2 cm³/mol. The maximum atomic E-state index is 11.8. The van der Waals surface area contributed by atoms with Gasteiger partial charge in [0.25, 0.3) is 0 Å². The Morgan fingerprint density at radius 3 is 2.68 bits per heavy atom. The number of aromatic carboxylic acids is 1. The lowest BCUT2D eigenvalue weighted by Gasteiger charge is -2.12. The molecule has 0 aliphatic heterocycles. The minimum atomic E-state index is -1.05. The van der Waals surface area contributed by atoms with E-state index in [1.807, 2.05) is 6.92 Å². The van der Waals surface area contributed by atoms with Gasteiger partial charge in [-0.3, -0.25) is 4.79 Å². The van der Waals surface area contributed by atoms with Gasteiger partial charge in [0.05, 0.1) is 11.6 Å². The Morgan fingerprint density at radius 1 is 1.42 bits per heavy atom. The summed E-state index contributed by atoms with van der Waals surface area (Å²) in [5.41, 5.74) is 6.27. The molecule has 0 unspecified atom stereocenters. The van der Waals surface area contributed by atoms with E-state index in [1.165, 1.54) is 12.1 Å². The topological polar surface area (TPSA) is 92.4 Å². The van der Waals surface area contributed by atoms with Crippen LogP contribution < -0.4 is 11.1 Å².